The standard InChI is InChI=1S/C16H33NO2/c1-7-10-17-13-12-14(16(13,5)8-2)19-11-9-15(3,4)18-6/h13-14,17H,7-12H2,1-6H3. The Balaban J connectivity index is 2.36. The third-order valence-electron chi connectivity index (χ3n) is 4.96. The fourth-order valence-electron chi connectivity index (χ4n) is 2.73. The normalized spacial score (nSPS) is 31.3. The summed E-state index contributed by atoms with van der Waals surface area (Å²) in [6, 6.07) is 0.623. The third-order valence-corrected chi connectivity index (χ3v) is 4.96. The van der Waals surface area contributed by atoms with Gasteiger partial charge in [0.2, 0.25) is 0 Å². The van der Waals surface area contributed by atoms with Crippen molar-refractivity contribution in [1.82, 2.24) is 5.32 Å². The predicted octanol–water partition coefficient (Wildman–Crippen LogP) is 3.37. The van der Waals surface area contributed by atoms with Crippen LogP contribution in [0.15, 0.2) is 0 Å². The van der Waals surface area contributed by atoms with Gasteiger partial charge in [-0.05, 0) is 46.1 Å². The zero-order chi connectivity index (χ0) is 14.5. The Morgan fingerprint density at radius 3 is 2.53 bits per heavy atom. The molecule has 1 aliphatic rings. The summed E-state index contributed by atoms with van der Waals surface area (Å²) in [5.74, 6) is 0. The molecule has 0 saturated heterocycles. The maximum absolute atomic E-state index is 6.11. The minimum Gasteiger partial charge on any atom is -0.379 e. The summed E-state index contributed by atoms with van der Waals surface area (Å²) in [7, 11) is 1.77. The van der Waals surface area contributed by atoms with E-state index < -0.39 is 0 Å². The Morgan fingerprint density at radius 1 is 1.32 bits per heavy atom. The first kappa shape index (κ1) is 16.9. The highest BCUT2D eigenvalue weighted by Gasteiger charge is 2.50. The van der Waals surface area contributed by atoms with Crippen LogP contribution in [0.25, 0.3) is 0 Å². The molecule has 1 aliphatic carbocycles. The molecule has 1 rings (SSSR count). The van der Waals surface area contributed by atoms with Crippen molar-refractivity contribution >= 4 is 0 Å². The summed E-state index contributed by atoms with van der Waals surface area (Å²) in [6.07, 6.45) is 4.88. The van der Waals surface area contributed by atoms with Gasteiger partial charge in [0.1, 0.15) is 0 Å². The highest BCUT2D eigenvalue weighted by atomic mass is 16.5. The number of rotatable bonds is 9. The van der Waals surface area contributed by atoms with Crippen LogP contribution in [0.3, 0.4) is 0 Å². The van der Waals surface area contributed by atoms with Crippen molar-refractivity contribution in [3.63, 3.8) is 0 Å². The molecular weight excluding hydrogens is 238 g/mol. The van der Waals surface area contributed by atoms with Crippen molar-refractivity contribution in [2.75, 3.05) is 20.3 Å². The van der Waals surface area contributed by atoms with Gasteiger partial charge in [0.15, 0.2) is 0 Å². The summed E-state index contributed by atoms with van der Waals surface area (Å²) in [5.41, 5.74) is 0.221. The van der Waals surface area contributed by atoms with Crippen LogP contribution in [0.1, 0.15) is 60.3 Å². The van der Waals surface area contributed by atoms with Crippen LogP contribution in [0.5, 0.6) is 0 Å². The van der Waals surface area contributed by atoms with E-state index in [4.69, 9.17) is 9.47 Å². The Kier molecular flexibility index (Phi) is 6.28. The Bertz CT molecular complexity index is 267. The second-order valence-electron chi connectivity index (χ2n) is 6.68. The smallest absolute Gasteiger partial charge is 0.0658 e. The summed E-state index contributed by atoms with van der Waals surface area (Å²) < 4.78 is 11.5. The van der Waals surface area contributed by atoms with Crippen molar-refractivity contribution in [2.24, 2.45) is 5.41 Å². The molecule has 114 valence electrons. The molecule has 19 heavy (non-hydrogen) atoms. The molecule has 3 heteroatoms. The van der Waals surface area contributed by atoms with Crippen LogP contribution < -0.4 is 5.32 Å². The summed E-state index contributed by atoms with van der Waals surface area (Å²) in [5, 5.41) is 3.65. The summed E-state index contributed by atoms with van der Waals surface area (Å²) >= 11 is 0. The molecule has 0 aromatic heterocycles. The Hall–Kier alpha value is -0.120. The molecule has 3 unspecified atom stereocenters. The topological polar surface area (TPSA) is 30.5 Å². The number of methoxy groups -OCH3 is 1. The van der Waals surface area contributed by atoms with Gasteiger partial charge in [-0.25, -0.2) is 0 Å². The number of hydrogen-bond donors (Lipinski definition) is 1. The molecule has 0 spiro atoms. The first-order valence-electron chi connectivity index (χ1n) is 7.79. The Labute approximate surface area is 119 Å². The van der Waals surface area contributed by atoms with E-state index >= 15 is 0 Å². The lowest BCUT2D eigenvalue weighted by molar-refractivity contribution is -0.138. The average Bonchev–Trinajstić information content (AvgIpc) is 2.40. The van der Waals surface area contributed by atoms with E-state index in [-0.39, 0.29) is 5.60 Å². The monoisotopic (exact) mass is 271 g/mol. The molecule has 0 amide bonds. The lowest BCUT2D eigenvalue weighted by atomic mass is 9.61. The van der Waals surface area contributed by atoms with E-state index in [9.17, 15) is 0 Å². The molecule has 1 N–H and O–H groups in total. The third kappa shape index (κ3) is 4.17. The van der Waals surface area contributed by atoms with Gasteiger partial charge < -0.3 is 14.8 Å². The van der Waals surface area contributed by atoms with Gasteiger partial charge in [0.05, 0.1) is 11.7 Å². The van der Waals surface area contributed by atoms with E-state index in [1.807, 2.05) is 0 Å². The molecule has 0 radical (unpaired) electrons. The van der Waals surface area contributed by atoms with Gasteiger partial charge in [-0.2, -0.15) is 0 Å². The second kappa shape index (κ2) is 7.05. The molecule has 0 aromatic carbocycles. The molecule has 3 nitrogen and oxygen atoms in total. The van der Waals surface area contributed by atoms with Crippen LogP contribution in [-0.2, 0) is 9.47 Å². The molecule has 3 atom stereocenters. The molecule has 1 saturated carbocycles. The zero-order valence-electron chi connectivity index (χ0n) is 13.7. The van der Waals surface area contributed by atoms with Crippen molar-refractivity contribution in [1.29, 1.82) is 0 Å². The van der Waals surface area contributed by atoms with Gasteiger partial charge in [0, 0.05) is 25.2 Å². The van der Waals surface area contributed by atoms with E-state index in [0.717, 1.165) is 26.0 Å². The average molecular weight is 271 g/mol. The molecule has 0 aliphatic heterocycles. The van der Waals surface area contributed by atoms with Gasteiger partial charge >= 0.3 is 0 Å². The van der Waals surface area contributed by atoms with Gasteiger partial charge in [-0.15, -0.1) is 0 Å². The van der Waals surface area contributed by atoms with E-state index in [1.165, 1.54) is 12.8 Å². The number of ether oxygens (including phenoxy) is 2. The minimum atomic E-state index is -0.0772. The molecule has 0 heterocycles. The van der Waals surface area contributed by atoms with Crippen LogP contribution in [0.4, 0.5) is 0 Å². The maximum Gasteiger partial charge on any atom is 0.0658 e. The highest BCUT2D eigenvalue weighted by Crippen LogP contribution is 2.46. The van der Waals surface area contributed by atoms with Gasteiger partial charge in [0.25, 0.3) is 0 Å². The van der Waals surface area contributed by atoms with Crippen LogP contribution in [0, 0.1) is 5.41 Å². The van der Waals surface area contributed by atoms with E-state index in [2.05, 4.69) is 39.9 Å². The lowest BCUT2D eigenvalue weighted by Crippen LogP contribution is -2.62. The van der Waals surface area contributed by atoms with Crippen LogP contribution in [0.2, 0.25) is 0 Å². The first-order valence-corrected chi connectivity index (χ1v) is 7.79. The van der Waals surface area contributed by atoms with Gasteiger partial charge in [-0.3, -0.25) is 0 Å². The minimum absolute atomic E-state index is 0.0772. The highest BCUT2D eigenvalue weighted by molar-refractivity contribution is 5.04. The summed E-state index contributed by atoms with van der Waals surface area (Å²) in [4.78, 5) is 0. The number of nitrogens with one attached hydrogen (secondary N) is 1. The lowest BCUT2D eigenvalue weighted by Gasteiger charge is -2.54. The molecule has 0 bridgehead atoms. The second-order valence-corrected chi connectivity index (χ2v) is 6.68. The Morgan fingerprint density at radius 2 is 2.00 bits per heavy atom. The largest absolute Gasteiger partial charge is 0.379 e. The fourth-order valence-corrected chi connectivity index (χ4v) is 2.73. The SMILES string of the molecule is CCCNC1CC(OCCC(C)(C)OC)C1(C)CC. The van der Waals surface area contributed by atoms with Crippen molar-refractivity contribution in [3.05, 3.63) is 0 Å². The maximum atomic E-state index is 6.11. The summed E-state index contributed by atoms with van der Waals surface area (Å²) in [6.45, 7) is 13.0. The molecular formula is C16H33NO2. The quantitative estimate of drug-likeness (QED) is 0.697. The van der Waals surface area contributed by atoms with Crippen molar-refractivity contribution in [2.45, 2.75) is 78.0 Å². The van der Waals surface area contributed by atoms with Crippen LogP contribution >= 0.6 is 0 Å². The molecule has 0 aromatic rings. The van der Waals surface area contributed by atoms with Crippen LogP contribution in [-0.4, -0.2) is 38.0 Å². The van der Waals surface area contributed by atoms with E-state index in [0.29, 0.717) is 17.6 Å². The first-order chi connectivity index (χ1) is 8.89. The zero-order valence-corrected chi connectivity index (χ0v) is 13.7. The molecule has 1 fully saturated rings. The fraction of sp³-hybridized carbons (Fsp3) is 1.00. The van der Waals surface area contributed by atoms with Gasteiger partial charge in [-0.1, -0.05) is 20.8 Å². The van der Waals surface area contributed by atoms with Crippen molar-refractivity contribution in [3.8, 4) is 0 Å². The van der Waals surface area contributed by atoms with Crippen molar-refractivity contribution < 1.29 is 9.47 Å². The number of hydrogen-bond acceptors (Lipinski definition) is 3. The predicted molar refractivity (Wildman–Crippen MR) is 80.5 cm³/mol. The van der Waals surface area contributed by atoms with E-state index in [1.54, 1.807) is 7.11 Å².